The molecular weight excluding hydrogens is 512 g/mol. The van der Waals surface area contributed by atoms with Crippen LogP contribution in [0.3, 0.4) is 0 Å². The highest BCUT2D eigenvalue weighted by atomic mass is 16.5. The summed E-state index contributed by atoms with van der Waals surface area (Å²) in [5.41, 5.74) is 6.18. The van der Waals surface area contributed by atoms with E-state index in [0.29, 0.717) is 22.7 Å². The lowest BCUT2D eigenvalue weighted by Crippen LogP contribution is -2.24. The van der Waals surface area contributed by atoms with Crippen LogP contribution in [0.1, 0.15) is 21.7 Å². The van der Waals surface area contributed by atoms with Crippen molar-refractivity contribution in [3.8, 4) is 11.3 Å². The van der Waals surface area contributed by atoms with Crippen molar-refractivity contribution in [2.24, 2.45) is 0 Å². The minimum Gasteiger partial charge on any atom is -0.465 e. The summed E-state index contributed by atoms with van der Waals surface area (Å²) in [5, 5.41) is 3.38. The Morgan fingerprint density at radius 3 is 2.10 bits per heavy atom. The molecule has 1 aliphatic rings. The highest BCUT2D eigenvalue weighted by Crippen LogP contribution is 2.36. The molecule has 0 spiro atoms. The quantitative estimate of drug-likeness (QED) is 0.168. The largest absolute Gasteiger partial charge is 0.465 e. The fraction of sp³-hybridized carbons (Fsp3) is 0.0286. The Bertz CT molecular complexity index is 1750. The molecule has 1 aliphatic heterocycles. The predicted octanol–water partition coefficient (Wildman–Crippen LogP) is 7.95. The highest BCUT2D eigenvalue weighted by Gasteiger charge is 2.30. The van der Waals surface area contributed by atoms with Crippen molar-refractivity contribution in [2.75, 3.05) is 17.3 Å². The lowest BCUT2D eigenvalue weighted by molar-refractivity contribution is -0.113. The average molecular weight is 539 g/mol. The Labute approximate surface area is 237 Å². The smallest absolute Gasteiger partial charge is 0.337 e. The highest BCUT2D eigenvalue weighted by molar-refractivity contribution is 6.23. The fourth-order valence-corrected chi connectivity index (χ4v) is 4.70. The van der Waals surface area contributed by atoms with Gasteiger partial charge in [-0.3, -0.25) is 9.69 Å². The second-order valence-corrected chi connectivity index (χ2v) is 9.44. The van der Waals surface area contributed by atoms with Gasteiger partial charge in [0.2, 0.25) is 0 Å². The van der Waals surface area contributed by atoms with Gasteiger partial charge >= 0.3 is 5.97 Å². The molecule has 0 bridgehead atoms. The summed E-state index contributed by atoms with van der Waals surface area (Å²) in [5.74, 6) is 0.638. The van der Waals surface area contributed by atoms with Gasteiger partial charge in [0.05, 0.1) is 18.4 Å². The van der Waals surface area contributed by atoms with Gasteiger partial charge in [0.25, 0.3) is 5.91 Å². The summed E-state index contributed by atoms with van der Waals surface area (Å²) >= 11 is 0. The summed E-state index contributed by atoms with van der Waals surface area (Å²) in [6.07, 6.45) is 3.64. The van der Waals surface area contributed by atoms with E-state index in [1.165, 1.54) is 7.11 Å². The van der Waals surface area contributed by atoms with Gasteiger partial charge in [-0.2, -0.15) is 0 Å². The van der Waals surface area contributed by atoms with E-state index in [1.54, 1.807) is 35.2 Å². The van der Waals surface area contributed by atoms with Crippen molar-refractivity contribution in [2.45, 2.75) is 0 Å². The van der Waals surface area contributed by atoms with Crippen LogP contribution in [-0.4, -0.2) is 19.0 Å². The molecule has 200 valence electrons. The molecule has 0 saturated heterocycles. The van der Waals surface area contributed by atoms with Gasteiger partial charge in [0, 0.05) is 28.2 Å². The first kappa shape index (κ1) is 25.6. The number of anilines is 3. The normalized spacial score (nSPS) is 13.8. The molecule has 0 radical (unpaired) electrons. The lowest BCUT2D eigenvalue weighted by Gasteiger charge is -2.21. The first-order valence-corrected chi connectivity index (χ1v) is 13.1. The van der Waals surface area contributed by atoms with E-state index in [4.69, 9.17) is 9.15 Å². The number of hydrogen-bond donors (Lipinski definition) is 1. The van der Waals surface area contributed by atoms with Gasteiger partial charge < -0.3 is 14.5 Å². The van der Waals surface area contributed by atoms with Crippen LogP contribution in [0, 0.1) is 0 Å². The van der Waals surface area contributed by atoms with Gasteiger partial charge in [-0.15, -0.1) is 0 Å². The van der Waals surface area contributed by atoms with Crippen LogP contribution in [-0.2, 0) is 9.53 Å². The Morgan fingerprint density at radius 2 is 1.41 bits per heavy atom. The molecule has 6 rings (SSSR count). The zero-order chi connectivity index (χ0) is 28.2. The number of carbonyl (C=O) groups is 2. The second-order valence-electron chi connectivity index (χ2n) is 9.44. The van der Waals surface area contributed by atoms with E-state index in [-0.39, 0.29) is 5.91 Å². The number of methoxy groups -OCH3 is 1. The molecule has 0 atom stereocenters. The third kappa shape index (κ3) is 5.44. The number of hydrogen-bond acceptors (Lipinski definition) is 5. The van der Waals surface area contributed by atoms with Crippen molar-refractivity contribution in [3.05, 3.63) is 150 Å². The van der Waals surface area contributed by atoms with Crippen LogP contribution in [0.25, 0.3) is 23.1 Å². The summed E-state index contributed by atoms with van der Waals surface area (Å²) in [6.45, 7) is 0. The van der Waals surface area contributed by atoms with Crippen LogP contribution >= 0.6 is 0 Å². The summed E-state index contributed by atoms with van der Waals surface area (Å²) in [6, 6.07) is 38.2. The molecule has 4 aromatic carbocycles. The van der Waals surface area contributed by atoms with E-state index in [0.717, 1.165) is 33.9 Å². The number of ether oxygens (including phenoxy) is 1. The second kappa shape index (κ2) is 11.2. The van der Waals surface area contributed by atoms with Crippen molar-refractivity contribution in [3.63, 3.8) is 0 Å². The molecule has 0 unspecified atom stereocenters. The van der Waals surface area contributed by atoms with E-state index >= 15 is 0 Å². The number of furan rings is 1. The third-order valence-electron chi connectivity index (χ3n) is 6.76. The van der Waals surface area contributed by atoms with Gasteiger partial charge in [0.1, 0.15) is 11.5 Å². The molecule has 6 nitrogen and oxygen atoms in total. The minimum absolute atomic E-state index is 0.145. The van der Waals surface area contributed by atoms with Crippen LogP contribution in [0.15, 0.2) is 137 Å². The number of benzene rings is 4. The average Bonchev–Trinajstić information content (AvgIpc) is 3.63. The molecule has 0 aliphatic carbocycles. The first-order chi connectivity index (χ1) is 20.1. The van der Waals surface area contributed by atoms with E-state index in [9.17, 15) is 9.59 Å². The number of carbonyl (C=O) groups excluding carboxylic acids is 2. The van der Waals surface area contributed by atoms with Crippen molar-refractivity contribution >= 4 is 40.7 Å². The summed E-state index contributed by atoms with van der Waals surface area (Å²) in [7, 11) is 1.35. The molecule has 2 heterocycles. The Kier molecular flexibility index (Phi) is 7.03. The number of para-hydroxylation sites is 1. The molecule has 0 saturated carbocycles. The van der Waals surface area contributed by atoms with Crippen molar-refractivity contribution in [1.29, 1.82) is 0 Å². The van der Waals surface area contributed by atoms with Crippen LogP contribution in [0.5, 0.6) is 0 Å². The van der Waals surface area contributed by atoms with Gasteiger partial charge in [-0.25, -0.2) is 4.79 Å². The number of nitrogens with zero attached hydrogens (tertiary/aromatic N) is 1. The first-order valence-electron chi connectivity index (χ1n) is 13.1. The Balaban J connectivity index is 1.29. The topological polar surface area (TPSA) is 71.8 Å². The molecular formula is C35H26N2O4. The van der Waals surface area contributed by atoms with E-state index in [2.05, 4.69) is 5.32 Å². The maximum Gasteiger partial charge on any atom is 0.337 e. The number of amides is 1. The number of nitrogens with one attached hydrogen (secondary N) is 1. The summed E-state index contributed by atoms with van der Waals surface area (Å²) in [4.78, 5) is 27.2. The van der Waals surface area contributed by atoms with Gasteiger partial charge in [-0.1, -0.05) is 60.7 Å². The maximum absolute atomic E-state index is 13.8. The van der Waals surface area contributed by atoms with E-state index < -0.39 is 5.97 Å². The zero-order valence-electron chi connectivity index (χ0n) is 22.3. The molecule has 1 aromatic heterocycles. The van der Waals surface area contributed by atoms with Crippen molar-refractivity contribution in [1.82, 2.24) is 0 Å². The maximum atomic E-state index is 13.8. The molecule has 1 N–H and O–H groups in total. The lowest BCUT2D eigenvalue weighted by atomic mass is 10.1. The molecule has 41 heavy (non-hydrogen) atoms. The Hall–Kier alpha value is -5.62. The minimum atomic E-state index is -0.395. The van der Waals surface area contributed by atoms with Crippen LogP contribution in [0.4, 0.5) is 17.1 Å². The summed E-state index contributed by atoms with van der Waals surface area (Å²) < 4.78 is 10.8. The zero-order valence-corrected chi connectivity index (χ0v) is 22.3. The van der Waals surface area contributed by atoms with E-state index in [1.807, 2.05) is 103 Å². The predicted molar refractivity (Wildman–Crippen MR) is 162 cm³/mol. The standard InChI is InChI=1S/C35H26N2O4/c1-40-35(39)26-14-12-25(13-15-26)33-21-20-31(41-33)22-27-23-32(24-8-4-2-5-9-24)37(34(27)38)30-18-16-29(17-19-30)36-28-10-6-3-7-11-28/h2-23,36H,1H3/b27-22+. The van der Waals surface area contributed by atoms with Crippen molar-refractivity contribution < 1.29 is 18.7 Å². The molecule has 6 heteroatoms. The monoisotopic (exact) mass is 538 g/mol. The number of esters is 1. The van der Waals surface area contributed by atoms with Crippen LogP contribution in [0.2, 0.25) is 0 Å². The fourth-order valence-electron chi connectivity index (χ4n) is 4.70. The molecule has 5 aromatic rings. The molecule has 0 fully saturated rings. The third-order valence-corrected chi connectivity index (χ3v) is 6.76. The molecule has 1 amide bonds. The Morgan fingerprint density at radius 1 is 0.756 bits per heavy atom. The van der Waals surface area contributed by atoms with Gasteiger partial charge in [-0.05, 0) is 78.4 Å². The van der Waals surface area contributed by atoms with Crippen LogP contribution < -0.4 is 10.2 Å². The number of rotatable bonds is 7. The van der Waals surface area contributed by atoms with Gasteiger partial charge in [0.15, 0.2) is 0 Å². The SMILES string of the molecule is COC(=O)c1ccc(-c2ccc(/C=C3\C=C(c4ccccc4)N(c4ccc(Nc5ccccc5)cc4)C3=O)o2)cc1.